The van der Waals surface area contributed by atoms with Crippen molar-refractivity contribution in [2.75, 3.05) is 0 Å². The van der Waals surface area contributed by atoms with E-state index in [2.05, 4.69) is 0 Å². The third-order valence-corrected chi connectivity index (χ3v) is 6.76. The number of carboxylic acid groups (broad SMARTS) is 2. The minimum Gasteiger partial charge on any atom is -0.481 e. The van der Waals surface area contributed by atoms with Crippen molar-refractivity contribution in [2.24, 2.45) is 17.3 Å². The Morgan fingerprint density at radius 1 is 0.806 bits per heavy atom. The van der Waals surface area contributed by atoms with Crippen LogP contribution < -0.4 is 0 Å². The van der Waals surface area contributed by atoms with Crippen LogP contribution in [0.5, 0.6) is 0 Å². The molecule has 0 fully saturated rings. The van der Waals surface area contributed by atoms with Gasteiger partial charge in [0.25, 0.3) is 0 Å². The number of benzene rings is 2. The van der Waals surface area contributed by atoms with Gasteiger partial charge in [0.1, 0.15) is 0 Å². The summed E-state index contributed by atoms with van der Waals surface area (Å²) in [5.41, 5.74) is 0.952. The van der Waals surface area contributed by atoms with Crippen LogP contribution in [0, 0.1) is 17.3 Å². The first kappa shape index (κ1) is 29.1. The SMILES string of the molecule is CCCC(CC(CCCCCC(C)(C)C(=O)O)C(=O)O)C(=O)OC(c1ccccc1)c1ccccc1. The van der Waals surface area contributed by atoms with Crippen LogP contribution in [0.15, 0.2) is 60.7 Å². The van der Waals surface area contributed by atoms with Gasteiger partial charge in [-0.3, -0.25) is 14.4 Å². The summed E-state index contributed by atoms with van der Waals surface area (Å²) in [6.07, 6.45) is 4.15. The zero-order valence-electron chi connectivity index (χ0n) is 21.7. The number of unbranched alkanes of at least 4 members (excludes halogenated alkanes) is 2. The molecule has 0 aliphatic heterocycles. The number of hydrogen-bond acceptors (Lipinski definition) is 4. The Morgan fingerprint density at radius 2 is 1.36 bits per heavy atom. The zero-order valence-corrected chi connectivity index (χ0v) is 21.7. The van der Waals surface area contributed by atoms with Gasteiger partial charge in [-0.05, 0) is 50.7 Å². The van der Waals surface area contributed by atoms with Gasteiger partial charge in [-0.25, -0.2) is 0 Å². The molecule has 2 aromatic rings. The van der Waals surface area contributed by atoms with Crippen molar-refractivity contribution in [3.05, 3.63) is 71.8 Å². The van der Waals surface area contributed by atoms with E-state index in [0.29, 0.717) is 25.7 Å². The molecule has 0 heterocycles. The molecule has 0 aliphatic carbocycles. The summed E-state index contributed by atoms with van der Waals surface area (Å²) >= 11 is 0. The molecule has 0 spiro atoms. The quantitative estimate of drug-likeness (QED) is 0.194. The molecule has 196 valence electrons. The van der Waals surface area contributed by atoms with Crippen LogP contribution in [-0.4, -0.2) is 28.1 Å². The fourth-order valence-electron chi connectivity index (χ4n) is 4.40. The van der Waals surface area contributed by atoms with Gasteiger partial charge in [-0.15, -0.1) is 0 Å². The Hall–Kier alpha value is -3.15. The summed E-state index contributed by atoms with van der Waals surface area (Å²) in [6.45, 7) is 5.38. The van der Waals surface area contributed by atoms with E-state index in [1.807, 2.05) is 67.6 Å². The van der Waals surface area contributed by atoms with Crippen LogP contribution in [0.1, 0.15) is 89.4 Å². The highest BCUT2D eigenvalue weighted by Gasteiger charge is 2.30. The van der Waals surface area contributed by atoms with E-state index in [1.165, 1.54) is 0 Å². The minimum absolute atomic E-state index is 0.235. The number of carbonyl (C=O) groups is 3. The van der Waals surface area contributed by atoms with Gasteiger partial charge in [0.2, 0.25) is 0 Å². The lowest BCUT2D eigenvalue weighted by atomic mass is 9.85. The first-order valence-corrected chi connectivity index (χ1v) is 12.9. The van der Waals surface area contributed by atoms with E-state index in [0.717, 1.165) is 30.4 Å². The molecule has 6 nitrogen and oxygen atoms in total. The first-order chi connectivity index (χ1) is 17.2. The van der Waals surface area contributed by atoms with Gasteiger partial charge < -0.3 is 14.9 Å². The minimum atomic E-state index is -0.905. The molecule has 2 aromatic carbocycles. The van der Waals surface area contributed by atoms with Crippen molar-refractivity contribution >= 4 is 17.9 Å². The maximum Gasteiger partial charge on any atom is 0.309 e. The summed E-state index contributed by atoms with van der Waals surface area (Å²) in [5, 5.41) is 19.1. The fraction of sp³-hybridized carbons (Fsp3) is 0.500. The third kappa shape index (κ3) is 9.14. The molecule has 0 amide bonds. The maximum atomic E-state index is 13.3. The predicted octanol–water partition coefficient (Wildman–Crippen LogP) is 6.89. The second-order valence-electron chi connectivity index (χ2n) is 10.2. The van der Waals surface area contributed by atoms with Crippen molar-refractivity contribution < 1.29 is 29.3 Å². The highest BCUT2D eigenvalue weighted by molar-refractivity contribution is 5.75. The van der Waals surface area contributed by atoms with E-state index in [-0.39, 0.29) is 12.4 Å². The molecule has 0 aliphatic rings. The van der Waals surface area contributed by atoms with Crippen molar-refractivity contribution in [1.29, 1.82) is 0 Å². The van der Waals surface area contributed by atoms with Crippen molar-refractivity contribution in [3.8, 4) is 0 Å². The molecule has 0 saturated carbocycles. The molecule has 0 saturated heterocycles. The van der Waals surface area contributed by atoms with Gasteiger partial charge in [-0.1, -0.05) is 93.3 Å². The van der Waals surface area contributed by atoms with Crippen LogP contribution in [-0.2, 0) is 19.1 Å². The number of esters is 1. The standard InChI is InChI=1S/C30H40O6/c1-4-14-25(21-24(27(31)32)19-12-7-13-20-30(2,3)29(34)35)28(33)36-26(22-15-8-5-9-16-22)23-17-10-6-11-18-23/h5-6,8-11,15-18,24-26H,4,7,12-14,19-21H2,1-3H3,(H,31,32)(H,34,35). The van der Waals surface area contributed by atoms with Crippen molar-refractivity contribution in [1.82, 2.24) is 0 Å². The second kappa shape index (κ2) is 14.4. The molecule has 2 N–H and O–H groups in total. The summed E-state index contributed by atoms with van der Waals surface area (Å²) in [7, 11) is 0. The van der Waals surface area contributed by atoms with Crippen LogP contribution in [0.25, 0.3) is 0 Å². The van der Waals surface area contributed by atoms with Crippen molar-refractivity contribution in [3.63, 3.8) is 0 Å². The van der Waals surface area contributed by atoms with Gasteiger partial charge in [0.05, 0.1) is 17.3 Å². The molecule has 2 rings (SSSR count). The Labute approximate surface area is 214 Å². The average Bonchev–Trinajstić information content (AvgIpc) is 2.86. The molecule has 36 heavy (non-hydrogen) atoms. The number of hydrogen-bond donors (Lipinski definition) is 2. The molecule has 0 aromatic heterocycles. The zero-order chi connectivity index (χ0) is 26.6. The lowest BCUT2D eigenvalue weighted by molar-refractivity contribution is -0.154. The molecule has 0 bridgehead atoms. The Kier molecular flexibility index (Phi) is 11.6. The van der Waals surface area contributed by atoms with E-state index in [9.17, 15) is 24.6 Å². The van der Waals surface area contributed by atoms with E-state index < -0.39 is 35.3 Å². The third-order valence-electron chi connectivity index (χ3n) is 6.76. The van der Waals surface area contributed by atoms with Gasteiger partial charge in [0, 0.05) is 0 Å². The summed E-state index contributed by atoms with van der Waals surface area (Å²) < 4.78 is 6.03. The molecule has 2 atom stereocenters. The van der Waals surface area contributed by atoms with Gasteiger partial charge in [0.15, 0.2) is 6.10 Å². The maximum absolute atomic E-state index is 13.3. The first-order valence-electron chi connectivity index (χ1n) is 12.9. The lowest BCUT2D eigenvalue weighted by Crippen LogP contribution is -2.26. The van der Waals surface area contributed by atoms with E-state index in [1.54, 1.807) is 13.8 Å². The Morgan fingerprint density at radius 3 is 1.83 bits per heavy atom. The summed E-state index contributed by atoms with van der Waals surface area (Å²) in [4.78, 5) is 36.6. The number of rotatable bonds is 16. The Bertz CT molecular complexity index is 914. The summed E-state index contributed by atoms with van der Waals surface area (Å²) in [6, 6.07) is 19.1. The molecule has 6 heteroatoms. The highest BCUT2D eigenvalue weighted by Crippen LogP contribution is 2.31. The highest BCUT2D eigenvalue weighted by atomic mass is 16.5. The van der Waals surface area contributed by atoms with E-state index in [4.69, 9.17) is 4.74 Å². The number of carbonyl (C=O) groups excluding carboxylic acids is 1. The number of aliphatic carboxylic acids is 2. The van der Waals surface area contributed by atoms with Crippen LogP contribution in [0.2, 0.25) is 0 Å². The largest absolute Gasteiger partial charge is 0.481 e. The lowest BCUT2D eigenvalue weighted by Gasteiger charge is -2.24. The Balaban J connectivity index is 2.04. The predicted molar refractivity (Wildman–Crippen MR) is 139 cm³/mol. The summed E-state index contributed by atoms with van der Waals surface area (Å²) in [5.74, 6) is -3.25. The number of ether oxygens (including phenoxy) is 1. The molecule has 0 radical (unpaired) electrons. The molecule has 2 unspecified atom stereocenters. The smallest absolute Gasteiger partial charge is 0.309 e. The normalized spacial score (nSPS) is 13.2. The fourth-order valence-corrected chi connectivity index (χ4v) is 4.40. The topological polar surface area (TPSA) is 101 Å². The second-order valence-corrected chi connectivity index (χ2v) is 10.2. The molecular formula is C30H40O6. The van der Waals surface area contributed by atoms with Crippen LogP contribution >= 0.6 is 0 Å². The average molecular weight is 497 g/mol. The van der Waals surface area contributed by atoms with Crippen LogP contribution in [0.3, 0.4) is 0 Å². The van der Waals surface area contributed by atoms with Gasteiger partial charge >= 0.3 is 17.9 Å². The van der Waals surface area contributed by atoms with E-state index >= 15 is 0 Å². The number of carboxylic acids is 2. The van der Waals surface area contributed by atoms with Crippen molar-refractivity contribution in [2.45, 2.75) is 78.2 Å². The van der Waals surface area contributed by atoms with Gasteiger partial charge in [-0.2, -0.15) is 0 Å². The van der Waals surface area contributed by atoms with Crippen LogP contribution in [0.4, 0.5) is 0 Å². The molecular weight excluding hydrogens is 456 g/mol. The monoisotopic (exact) mass is 496 g/mol.